The lowest BCUT2D eigenvalue weighted by Crippen LogP contribution is -2.21. The highest BCUT2D eigenvalue weighted by Gasteiger charge is 2.50. The fraction of sp³-hybridized carbons (Fsp3) is 0.857. The van der Waals surface area contributed by atoms with Crippen LogP contribution in [0.3, 0.4) is 0 Å². The van der Waals surface area contributed by atoms with E-state index < -0.39 is 5.54 Å². The second-order valence-electron chi connectivity index (χ2n) is 2.84. The lowest BCUT2D eigenvalue weighted by molar-refractivity contribution is 0.640. The summed E-state index contributed by atoms with van der Waals surface area (Å²) in [5.41, 5.74) is 5.18. The molecule has 0 aromatic rings. The zero-order chi connectivity index (χ0) is 6.91. The molecule has 1 fully saturated rings. The molecule has 1 aliphatic rings. The van der Waals surface area contributed by atoms with Crippen molar-refractivity contribution in [3.63, 3.8) is 0 Å². The van der Waals surface area contributed by atoms with Gasteiger partial charge in [0.1, 0.15) is 5.54 Å². The van der Waals surface area contributed by atoms with Gasteiger partial charge in [-0.3, -0.25) is 0 Å². The van der Waals surface area contributed by atoms with E-state index in [1.54, 1.807) is 0 Å². The first-order valence-corrected chi connectivity index (χ1v) is 3.43. The summed E-state index contributed by atoms with van der Waals surface area (Å²) in [4.78, 5) is 0. The van der Waals surface area contributed by atoms with E-state index in [1.165, 1.54) is 0 Å². The van der Waals surface area contributed by atoms with Crippen LogP contribution in [0.5, 0.6) is 0 Å². The monoisotopic (exact) mass is 124 g/mol. The molecule has 50 valence electrons. The van der Waals surface area contributed by atoms with Crippen LogP contribution in [-0.2, 0) is 0 Å². The van der Waals surface area contributed by atoms with Gasteiger partial charge < -0.3 is 5.73 Å². The number of rotatable bonds is 2. The predicted octanol–water partition coefficient (Wildman–Crippen LogP) is 1.03. The van der Waals surface area contributed by atoms with Gasteiger partial charge in [0.2, 0.25) is 0 Å². The van der Waals surface area contributed by atoms with Crippen molar-refractivity contribution < 1.29 is 0 Å². The molecule has 0 amide bonds. The van der Waals surface area contributed by atoms with Gasteiger partial charge in [0.25, 0.3) is 0 Å². The normalized spacial score (nSPS) is 39.9. The molecule has 0 heterocycles. The molecular formula is C7H12N2. The molecule has 0 aliphatic heterocycles. The van der Waals surface area contributed by atoms with Gasteiger partial charge in [0.15, 0.2) is 0 Å². The Hall–Kier alpha value is -0.550. The molecule has 2 nitrogen and oxygen atoms in total. The van der Waals surface area contributed by atoms with Crippen LogP contribution in [0.4, 0.5) is 0 Å². The van der Waals surface area contributed by atoms with Gasteiger partial charge in [-0.2, -0.15) is 5.26 Å². The zero-order valence-corrected chi connectivity index (χ0v) is 5.72. The zero-order valence-electron chi connectivity index (χ0n) is 5.72. The molecule has 0 unspecified atom stereocenters. The van der Waals surface area contributed by atoms with Crippen molar-refractivity contribution in [2.75, 3.05) is 0 Å². The standard InChI is InChI=1S/C7H12N2/c1-2-3-6-4-7(6,9)5-8/h6H,2-4,9H2,1H3/t6-,7+/m0/s1. The summed E-state index contributed by atoms with van der Waals surface area (Å²) in [6, 6.07) is 2.13. The smallest absolute Gasteiger partial charge is 0.107 e. The third-order valence-corrected chi connectivity index (χ3v) is 2.00. The Kier molecular flexibility index (Phi) is 1.46. The minimum atomic E-state index is -0.435. The maximum atomic E-state index is 8.49. The third-order valence-electron chi connectivity index (χ3n) is 2.00. The predicted molar refractivity (Wildman–Crippen MR) is 35.5 cm³/mol. The summed E-state index contributed by atoms with van der Waals surface area (Å²) in [6.07, 6.45) is 3.17. The Balaban J connectivity index is 2.32. The van der Waals surface area contributed by atoms with Gasteiger partial charge in [-0.15, -0.1) is 0 Å². The Morgan fingerprint density at radius 2 is 2.56 bits per heavy atom. The maximum absolute atomic E-state index is 8.49. The van der Waals surface area contributed by atoms with Gasteiger partial charge in [0, 0.05) is 0 Å². The number of nitrogens with two attached hydrogens (primary N) is 1. The van der Waals surface area contributed by atoms with Crippen LogP contribution >= 0.6 is 0 Å². The van der Waals surface area contributed by atoms with Crippen LogP contribution in [0.1, 0.15) is 26.2 Å². The van der Waals surface area contributed by atoms with E-state index in [1.807, 2.05) is 0 Å². The summed E-state index contributed by atoms with van der Waals surface area (Å²) < 4.78 is 0. The van der Waals surface area contributed by atoms with E-state index in [2.05, 4.69) is 13.0 Å². The lowest BCUT2D eigenvalue weighted by Gasteiger charge is -1.96. The first kappa shape index (κ1) is 6.57. The van der Waals surface area contributed by atoms with Crippen molar-refractivity contribution in [1.82, 2.24) is 0 Å². The van der Waals surface area contributed by atoms with Gasteiger partial charge in [-0.25, -0.2) is 0 Å². The molecule has 0 bridgehead atoms. The van der Waals surface area contributed by atoms with Crippen LogP contribution in [0.2, 0.25) is 0 Å². The average molecular weight is 124 g/mol. The molecule has 2 heteroatoms. The highest BCUT2D eigenvalue weighted by Crippen LogP contribution is 2.43. The van der Waals surface area contributed by atoms with Crippen molar-refractivity contribution in [1.29, 1.82) is 5.26 Å². The highest BCUT2D eigenvalue weighted by molar-refractivity contribution is 5.21. The number of nitrogens with zero attached hydrogens (tertiary/aromatic N) is 1. The fourth-order valence-electron chi connectivity index (χ4n) is 1.19. The Bertz CT molecular complexity index is 147. The van der Waals surface area contributed by atoms with E-state index in [-0.39, 0.29) is 0 Å². The van der Waals surface area contributed by atoms with Crippen LogP contribution in [0.15, 0.2) is 0 Å². The molecule has 2 N–H and O–H groups in total. The molecule has 0 saturated heterocycles. The Morgan fingerprint density at radius 3 is 2.89 bits per heavy atom. The molecule has 0 radical (unpaired) electrons. The summed E-state index contributed by atoms with van der Waals surface area (Å²) in [6.45, 7) is 2.12. The van der Waals surface area contributed by atoms with Crippen molar-refractivity contribution >= 4 is 0 Å². The van der Waals surface area contributed by atoms with Gasteiger partial charge in [-0.1, -0.05) is 13.3 Å². The minimum Gasteiger partial charge on any atom is -0.313 e. The second-order valence-corrected chi connectivity index (χ2v) is 2.84. The van der Waals surface area contributed by atoms with E-state index >= 15 is 0 Å². The minimum absolute atomic E-state index is 0.435. The molecule has 0 aromatic carbocycles. The van der Waals surface area contributed by atoms with Crippen LogP contribution in [0, 0.1) is 17.2 Å². The molecule has 9 heavy (non-hydrogen) atoms. The van der Waals surface area contributed by atoms with Crippen molar-refractivity contribution in [3.8, 4) is 6.07 Å². The fourth-order valence-corrected chi connectivity index (χ4v) is 1.19. The van der Waals surface area contributed by atoms with E-state index in [0.717, 1.165) is 19.3 Å². The lowest BCUT2D eigenvalue weighted by atomic mass is 10.1. The van der Waals surface area contributed by atoms with Crippen LogP contribution in [0.25, 0.3) is 0 Å². The van der Waals surface area contributed by atoms with E-state index in [9.17, 15) is 0 Å². The molecule has 0 aromatic heterocycles. The van der Waals surface area contributed by atoms with Gasteiger partial charge >= 0.3 is 0 Å². The Morgan fingerprint density at radius 1 is 1.89 bits per heavy atom. The number of nitriles is 1. The highest BCUT2D eigenvalue weighted by atomic mass is 14.8. The topological polar surface area (TPSA) is 49.8 Å². The van der Waals surface area contributed by atoms with E-state index in [0.29, 0.717) is 5.92 Å². The van der Waals surface area contributed by atoms with Crippen molar-refractivity contribution in [3.05, 3.63) is 0 Å². The molecule has 1 rings (SSSR count). The van der Waals surface area contributed by atoms with Gasteiger partial charge in [-0.05, 0) is 18.8 Å². The number of hydrogen-bond donors (Lipinski definition) is 1. The molecular weight excluding hydrogens is 112 g/mol. The summed E-state index contributed by atoms with van der Waals surface area (Å²) in [5, 5.41) is 8.49. The first-order chi connectivity index (χ1) is 4.23. The Labute approximate surface area is 55.7 Å². The van der Waals surface area contributed by atoms with Gasteiger partial charge in [0.05, 0.1) is 6.07 Å². The molecule has 2 atom stereocenters. The maximum Gasteiger partial charge on any atom is 0.107 e. The average Bonchev–Trinajstić information content (AvgIpc) is 2.46. The molecule has 1 saturated carbocycles. The third kappa shape index (κ3) is 1.06. The van der Waals surface area contributed by atoms with Crippen LogP contribution < -0.4 is 5.73 Å². The summed E-state index contributed by atoms with van der Waals surface area (Å²) >= 11 is 0. The van der Waals surface area contributed by atoms with Crippen LogP contribution in [-0.4, -0.2) is 5.54 Å². The molecule has 0 spiro atoms. The van der Waals surface area contributed by atoms with Crippen molar-refractivity contribution in [2.24, 2.45) is 11.7 Å². The molecule has 1 aliphatic carbocycles. The number of hydrogen-bond acceptors (Lipinski definition) is 2. The summed E-state index contributed by atoms with van der Waals surface area (Å²) in [7, 11) is 0. The van der Waals surface area contributed by atoms with E-state index in [4.69, 9.17) is 11.0 Å². The SMILES string of the molecule is CCC[C@H]1C[C@@]1(N)C#N. The summed E-state index contributed by atoms with van der Waals surface area (Å²) in [5.74, 6) is 0.493. The second kappa shape index (κ2) is 2.00. The van der Waals surface area contributed by atoms with Crippen molar-refractivity contribution in [2.45, 2.75) is 31.7 Å². The first-order valence-electron chi connectivity index (χ1n) is 3.43. The largest absolute Gasteiger partial charge is 0.313 e. The quantitative estimate of drug-likeness (QED) is 0.597.